The molecular weight excluding hydrogens is 443 g/mol. The first-order chi connectivity index (χ1) is 15.6. The molecule has 2 aromatic carbocycles. The second-order valence-corrected chi connectivity index (χ2v) is 8.53. The third-order valence-electron chi connectivity index (χ3n) is 5.39. The van der Waals surface area contributed by atoms with Crippen LogP contribution in [0.5, 0.6) is 11.6 Å². The van der Waals surface area contributed by atoms with Crippen LogP contribution in [-0.4, -0.2) is 26.4 Å². The minimum absolute atomic E-state index is 0.606. The van der Waals surface area contributed by atoms with Gasteiger partial charge in [0.2, 0.25) is 5.88 Å². The minimum atomic E-state index is 0.606. The Hall–Kier alpha value is -2.99. The van der Waals surface area contributed by atoms with Crippen molar-refractivity contribution in [1.29, 1.82) is 0 Å². The van der Waals surface area contributed by atoms with Crippen molar-refractivity contribution in [3.8, 4) is 23.0 Å². The summed E-state index contributed by atoms with van der Waals surface area (Å²) in [6.45, 7) is 2.42. The van der Waals surface area contributed by atoms with Gasteiger partial charge in [-0.3, -0.25) is 4.90 Å². The van der Waals surface area contributed by atoms with E-state index in [1.165, 1.54) is 0 Å². The average molecular weight is 463 g/mol. The third kappa shape index (κ3) is 4.75. The van der Waals surface area contributed by atoms with Crippen molar-refractivity contribution < 1.29 is 4.74 Å². The number of hydrogen-bond donors (Lipinski definition) is 0. The molecule has 0 bridgehead atoms. The summed E-state index contributed by atoms with van der Waals surface area (Å²) in [4.78, 5) is 16.2. The van der Waals surface area contributed by atoms with Gasteiger partial charge in [-0.1, -0.05) is 29.3 Å². The lowest BCUT2D eigenvalue weighted by Gasteiger charge is -2.28. The van der Waals surface area contributed by atoms with Gasteiger partial charge in [0.15, 0.2) is 5.82 Å². The second-order valence-electron chi connectivity index (χ2n) is 7.66. The van der Waals surface area contributed by atoms with Crippen LogP contribution in [0.2, 0.25) is 10.0 Å². The molecule has 0 saturated carbocycles. The number of halogens is 2. The average Bonchev–Trinajstić information content (AvgIpc) is 2.82. The van der Waals surface area contributed by atoms with Crippen LogP contribution in [0.15, 0.2) is 73.1 Å². The number of hydrogen-bond acceptors (Lipinski definition) is 5. The summed E-state index contributed by atoms with van der Waals surface area (Å²) in [6.07, 6.45) is 4.55. The molecule has 0 unspecified atom stereocenters. The first-order valence-corrected chi connectivity index (χ1v) is 11.1. The van der Waals surface area contributed by atoms with E-state index in [9.17, 15) is 0 Å². The summed E-state index contributed by atoms with van der Waals surface area (Å²) in [5, 5.41) is 1.38. The molecular formula is C25H20Cl2N4O. The van der Waals surface area contributed by atoms with Crippen LogP contribution in [0.4, 0.5) is 0 Å². The maximum Gasteiger partial charge on any atom is 0.223 e. The normalized spacial score (nSPS) is 13.6. The molecule has 0 fully saturated rings. The predicted octanol–water partition coefficient (Wildman–Crippen LogP) is 6.20. The number of aromatic nitrogens is 3. The minimum Gasteiger partial charge on any atom is -0.439 e. The Morgan fingerprint density at radius 2 is 1.66 bits per heavy atom. The van der Waals surface area contributed by atoms with Crippen molar-refractivity contribution in [2.45, 2.75) is 19.5 Å². The summed E-state index contributed by atoms with van der Waals surface area (Å²) in [6, 6.07) is 18.9. The molecule has 0 spiro atoms. The number of benzene rings is 2. The van der Waals surface area contributed by atoms with Gasteiger partial charge in [-0.05, 0) is 54.6 Å². The number of ether oxygens (including phenoxy) is 1. The van der Waals surface area contributed by atoms with Crippen LogP contribution in [0.1, 0.15) is 16.8 Å². The fourth-order valence-corrected chi connectivity index (χ4v) is 3.99. The van der Waals surface area contributed by atoms with E-state index < -0.39 is 0 Å². The zero-order valence-corrected chi connectivity index (χ0v) is 18.7. The zero-order chi connectivity index (χ0) is 21.9. The maximum atomic E-state index is 6.02. The van der Waals surface area contributed by atoms with E-state index >= 15 is 0 Å². The standard InChI is InChI=1S/C25H20Cl2N4O/c26-20-5-3-17(4-6-20)24-29-14-19-16-31(13-11-23(19)30-24)15-18-2-1-12-28-25(18)32-22-9-7-21(27)8-10-22/h1-10,12,14H,11,13,15-16H2. The Kier molecular flexibility index (Phi) is 6.04. The van der Waals surface area contributed by atoms with Gasteiger partial charge in [0.05, 0.1) is 5.69 Å². The zero-order valence-electron chi connectivity index (χ0n) is 17.2. The molecule has 3 heterocycles. The molecule has 0 amide bonds. The van der Waals surface area contributed by atoms with Gasteiger partial charge < -0.3 is 4.74 Å². The number of nitrogens with zero attached hydrogens (tertiary/aromatic N) is 4. The SMILES string of the molecule is Clc1ccc(Oc2ncccc2CN2CCc3nc(-c4ccc(Cl)cc4)ncc3C2)cc1. The molecule has 1 aliphatic heterocycles. The molecule has 2 aromatic heterocycles. The fourth-order valence-electron chi connectivity index (χ4n) is 3.74. The highest BCUT2D eigenvalue weighted by Crippen LogP contribution is 2.27. The van der Waals surface area contributed by atoms with Crippen molar-refractivity contribution in [3.05, 3.63) is 99.9 Å². The Labute approximate surface area is 196 Å². The van der Waals surface area contributed by atoms with Crippen molar-refractivity contribution in [2.24, 2.45) is 0 Å². The largest absolute Gasteiger partial charge is 0.439 e. The van der Waals surface area contributed by atoms with Gasteiger partial charge >= 0.3 is 0 Å². The number of rotatable bonds is 5. The molecule has 32 heavy (non-hydrogen) atoms. The van der Waals surface area contributed by atoms with Crippen LogP contribution >= 0.6 is 23.2 Å². The molecule has 0 atom stereocenters. The maximum absolute atomic E-state index is 6.02. The topological polar surface area (TPSA) is 51.1 Å². The van der Waals surface area contributed by atoms with E-state index in [1.807, 2.05) is 54.7 Å². The molecule has 0 N–H and O–H groups in total. The summed E-state index contributed by atoms with van der Waals surface area (Å²) in [7, 11) is 0. The van der Waals surface area contributed by atoms with Gasteiger partial charge in [0.25, 0.3) is 0 Å². The van der Waals surface area contributed by atoms with Gasteiger partial charge in [-0.15, -0.1) is 0 Å². The third-order valence-corrected chi connectivity index (χ3v) is 5.89. The van der Waals surface area contributed by atoms with E-state index in [4.69, 9.17) is 32.9 Å². The summed E-state index contributed by atoms with van der Waals surface area (Å²) in [5.74, 6) is 2.05. The summed E-state index contributed by atoms with van der Waals surface area (Å²) < 4.78 is 6.02. The summed E-state index contributed by atoms with van der Waals surface area (Å²) in [5.41, 5.74) is 4.26. The van der Waals surface area contributed by atoms with Gasteiger partial charge in [0.1, 0.15) is 5.75 Å². The van der Waals surface area contributed by atoms with Crippen LogP contribution in [0, 0.1) is 0 Å². The van der Waals surface area contributed by atoms with Crippen LogP contribution in [0.3, 0.4) is 0 Å². The van der Waals surface area contributed by atoms with E-state index in [-0.39, 0.29) is 0 Å². The van der Waals surface area contributed by atoms with E-state index in [2.05, 4.69) is 14.9 Å². The highest BCUT2D eigenvalue weighted by Gasteiger charge is 2.20. The van der Waals surface area contributed by atoms with Crippen molar-refractivity contribution in [1.82, 2.24) is 19.9 Å². The van der Waals surface area contributed by atoms with Gasteiger partial charge in [0, 0.05) is 65.2 Å². The highest BCUT2D eigenvalue weighted by molar-refractivity contribution is 6.30. The summed E-state index contributed by atoms with van der Waals surface area (Å²) >= 11 is 12.0. The highest BCUT2D eigenvalue weighted by atomic mass is 35.5. The fraction of sp³-hybridized carbons (Fsp3) is 0.160. The first kappa shape index (κ1) is 20.9. The Bertz CT molecular complexity index is 1230. The van der Waals surface area contributed by atoms with Crippen molar-refractivity contribution >= 4 is 23.2 Å². The van der Waals surface area contributed by atoms with Gasteiger partial charge in [-0.25, -0.2) is 15.0 Å². The lowest BCUT2D eigenvalue weighted by molar-refractivity contribution is 0.239. The number of fused-ring (bicyclic) bond motifs is 1. The van der Waals surface area contributed by atoms with Crippen molar-refractivity contribution in [3.63, 3.8) is 0 Å². The Morgan fingerprint density at radius 1 is 0.906 bits per heavy atom. The molecule has 1 aliphatic rings. The molecule has 7 heteroatoms. The second kappa shape index (κ2) is 9.25. The van der Waals surface area contributed by atoms with Gasteiger partial charge in [-0.2, -0.15) is 0 Å². The molecule has 160 valence electrons. The van der Waals surface area contributed by atoms with Crippen molar-refractivity contribution in [2.75, 3.05) is 6.54 Å². The lowest BCUT2D eigenvalue weighted by atomic mass is 10.1. The Morgan fingerprint density at radius 3 is 2.44 bits per heavy atom. The van der Waals surface area contributed by atoms with Crippen LogP contribution in [-0.2, 0) is 19.5 Å². The predicted molar refractivity (Wildman–Crippen MR) is 126 cm³/mol. The van der Waals surface area contributed by atoms with Crippen LogP contribution in [0.25, 0.3) is 11.4 Å². The molecule has 5 rings (SSSR count). The smallest absolute Gasteiger partial charge is 0.223 e. The molecule has 0 aliphatic carbocycles. The Balaban J connectivity index is 1.30. The van der Waals surface area contributed by atoms with Crippen LogP contribution < -0.4 is 4.74 Å². The number of pyridine rings is 1. The molecule has 0 saturated heterocycles. The first-order valence-electron chi connectivity index (χ1n) is 10.3. The quantitative estimate of drug-likeness (QED) is 0.353. The molecule has 0 radical (unpaired) electrons. The van der Waals surface area contributed by atoms with E-state index in [0.29, 0.717) is 21.7 Å². The van der Waals surface area contributed by atoms with E-state index in [0.717, 1.165) is 54.3 Å². The molecule has 5 nitrogen and oxygen atoms in total. The molecule has 4 aromatic rings. The lowest BCUT2D eigenvalue weighted by Crippen LogP contribution is -2.31. The van der Waals surface area contributed by atoms with E-state index in [1.54, 1.807) is 18.3 Å². The monoisotopic (exact) mass is 462 g/mol.